The first-order valence-corrected chi connectivity index (χ1v) is 7.62. The number of hydrogen-bond donors (Lipinski definition) is 2. The normalized spacial score (nSPS) is 30.9. The second kappa shape index (κ2) is 4.45. The van der Waals surface area contributed by atoms with E-state index in [1.807, 2.05) is 6.92 Å². The van der Waals surface area contributed by atoms with Crippen LogP contribution in [-0.2, 0) is 0 Å². The minimum absolute atomic E-state index is 0.0691. The highest BCUT2D eigenvalue weighted by Crippen LogP contribution is 2.57. The second-order valence-electron chi connectivity index (χ2n) is 6.62. The predicted molar refractivity (Wildman–Crippen MR) is 78.7 cm³/mol. The fourth-order valence-electron chi connectivity index (χ4n) is 4.67. The first-order valence-electron chi connectivity index (χ1n) is 7.62. The number of rotatable bonds is 2. The average Bonchev–Trinajstić information content (AvgIpc) is 3.13. The predicted octanol–water partition coefficient (Wildman–Crippen LogP) is 2.60. The second-order valence-corrected chi connectivity index (χ2v) is 6.62. The van der Waals surface area contributed by atoms with Crippen molar-refractivity contribution in [2.75, 3.05) is 0 Å². The lowest BCUT2D eigenvalue weighted by molar-refractivity contribution is 0.310. The van der Waals surface area contributed by atoms with E-state index in [1.54, 1.807) is 6.07 Å². The van der Waals surface area contributed by atoms with Gasteiger partial charge in [-0.3, -0.25) is 9.89 Å². The number of H-pyrrole nitrogens is 2. The molecule has 2 saturated carbocycles. The molecule has 2 heterocycles. The molecule has 21 heavy (non-hydrogen) atoms. The minimum atomic E-state index is -0.0691. The fourth-order valence-corrected chi connectivity index (χ4v) is 4.67. The molecule has 0 radical (unpaired) electrons. The van der Waals surface area contributed by atoms with E-state index in [-0.39, 0.29) is 5.56 Å². The van der Waals surface area contributed by atoms with Crippen LogP contribution in [0.3, 0.4) is 0 Å². The van der Waals surface area contributed by atoms with Gasteiger partial charge in [-0.1, -0.05) is 0 Å². The van der Waals surface area contributed by atoms with Crippen molar-refractivity contribution in [2.45, 2.75) is 38.5 Å². The number of nitrogens with zero attached hydrogens (tertiary/aromatic N) is 2. The fraction of sp³-hybridized carbons (Fsp3) is 0.562. The first kappa shape index (κ1) is 12.6. The number of aromatic nitrogens is 3. The van der Waals surface area contributed by atoms with Crippen LogP contribution in [0.25, 0.3) is 11.0 Å². The summed E-state index contributed by atoms with van der Waals surface area (Å²) in [4.78, 5) is 14.7. The molecule has 2 fully saturated rings. The number of pyridine rings is 1. The number of aromatic amines is 2. The van der Waals surface area contributed by atoms with Gasteiger partial charge in [0.05, 0.1) is 6.07 Å². The third-order valence-electron chi connectivity index (χ3n) is 5.52. The Bertz CT molecular complexity index is 797. The highest BCUT2D eigenvalue weighted by atomic mass is 16.1. The van der Waals surface area contributed by atoms with Crippen molar-refractivity contribution in [1.29, 1.82) is 5.26 Å². The molecule has 2 aromatic rings. The van der Waals surface area contributed by atoms with Crippen LogP contribution in [0.2, 0.25) is 0 Å². The molecule has 0 amide bonds. The molecule has 4 atom stereocenters. The molecule has 5 nitrogen and oxygen atoms in total. The van der Waals surface area contributed by atoms with E-state index < -0.39 is 0 Å². The van der Waals surface area contributed by atoms with Crippen LogP contribution in [0.15, 0.2) is 10.9 Å². The highest BCUT2D eigenvalue weighted by Gasteiger charge is 2.46. The minimum Gasteiger partial charge on any atom is -0.305 e. The number of aryl methyl sites for hydroxylation is 1. The van der Waals surface area contributed by atoms with Crippen molar-refractivity contribution < 1.29 is 0 Å². The van der Waals surface area contributed by atoms with Gasteiger partial charge in [0.1, 0.15) is 0 Å². The Morgan fingerprint density at radius 2 is 2.24 bits per heavy atom. The molecule has 2 aliphatic carbocycles. The number of hydrogen-bond acceptors (Lipinski definition) is 3. The highest BCUT2D eigenvalue weighted by molar-refractivity contribution is 5.82. The monoisotopic (exact) mass is 282 g/mol. The average molecular weight is 282 g/mol. The Morgan fingerprint density at radius 3 is 2.95 bits per heavy atom. The van der Waals surface area contributed by atoms with Gasteiger partial charge >= 0.3 is 0 Å². The third-order valence-corrected chi connectivity index (χ3v) is 5.52. The summed E-state index contributed by atoms with van der Waals surface area (Å²) in [6, 6.07) is 4.08. The Balaban J connectivity index is 1.75. The first-order chi connectivity index (χ1) is 10.2. The van der Waals surface area contributed by atoms with Gasteiger partial charge in [-0.25, -0.2) is 0 Å². The van der Waals surface area contributed by atoms with Crippen LogP contribution in [-0.4, -0.2) is 15.2 Å². The van der Waals surface area contributed by atoms with Gasteiger partial charge in [-0.2, -0.15) is 10.4 Å². The van der Waals surface area contributed by atoms with Crippen LogP contribution in [0.1, 0.15) is 42.9 Å². The summed E-state index contributed by atoms with van der Waals surface area (Å²) in [7, 11) is 0. The molecule has 0 aromatic carbocycles. The van der Waals surface area contributed by atoms with Crippen molar-refractivity contribution in [3.8, 4) is 6.07 Å². The molecule has 2 bridgehead atoms. The summed E-state index contributed by atoms with van der Waals surface area (Å²) in [6.07, 6.45) is 4.14. The standard InChI is InChI=1S/C16H18N4O/c1-8-15-13(7-14(21)18-16(15)20-19-8)12-6-10-5-11(12)4-9(10)2-3-17/h7,9-12H,2,4-6H2,1H3,(H2,18,19,20,21)/t9-,10-,11+,12+/m1/s1. The molecule has 0 aliphatic heterocycles. The molecule has 4 rings (SSSR count). The van der Waals surface area contributed by atoms with E-state index in [4.69, 9.17) is 5.26 Å². The van der Waals surface area contributed by atoms with Crippen molar-refractivity contribution in [3.05, 3.63) is 27.7 Å². The molecular weight excluding hydrogens is 264 g/mol. The van der Waals surface area contributed by atoms with E-state index in [1.165, 1.54) is 6.42 Å². The van der Waals surface area contributed by atoms with Gasteiger partial charge in [0.2, 0.25) is 5.56 Å². The maximum absolute atomic E-state index is 11.9. The quantitative estimate of drug-likeness (QED) is 0.887. The summed E-state index contributed by atoms with van der Waals surface area (Å²) in [6.45, 7) is 2.00. The van der Waals surface area contributed by atoms with Crippen LogP contribution >= 0.6 is 0 Å². The van der Waals surface area contributed by atoms with E-state index >= 15 is 0 Å². The largest absolute Gasteiger partial charge is 0.305 e. The summed E-state index contributed by atoms with van der Waals surface area (Å²) in [5, 5.41) is 17.2. The van der Waals surface area contributed by atoms with Crippen molar-refractivity contribution in [3.63, 3.8) is 0 Å². The SMILES string of the molecule is Cc1[nH]nc2[nH]c(=O)cc([C@H]3C[C@H]4C[C@@H]3C[C@H]4CC#N)c12. The number of nitriles is 1. The number of nitrogens with one attached hydrogen (secondary N) is 2. The summed E-state index contributed by atoms with van der Waals surface area (Å²) in [5.41, 5.74) is 2.78. The van der Waals surface area contributed by atoms with Crippen LogP contribution < -0.4 is 5.56 Å². The van der Waals surface area contributed by atoms with Crippen LogP contribution in [0.4, 0.5) is 0 Å². The molecular formula is C16H18N4O. The summed E-state index contributed by atoms with van der Waals surface area (Å²) < 4.78 is 0. The van der Waals surface area contributed by atoms with Gasteiger partial charge in [0.25, 0.3) is 0 Å². The smallest absolute Gasteiger partial charge is 0.249 e. The molecule has 5 heteroatoms. The summed E-state index contributed by atoms with van der Waals surface area (Å²) >= 11 is 0. The lowest BCUT2D eigenvalue weighted by atomic mass is 9.77. The van der Waals surface area contributed by atoms with Crippen molar-refractivity contribution in [2.24, 2.45) is 17.8 Å². The maximum atomic E-state index is 11.9. The molecule has 2 aromatic heterocycles. The molecule has 108 valence electrons. The van der Waals surface area contributed by atoms with Gasteiger partial charge in [0.15, 0.2) is 5.65 Å². The topological polar surface area (TPSA) is 85.3 Å². The van der Waals surface area contributed by atoms with Crippen LogP contribution in [0, 0.1) is 36.0 Å². The lowest BCUT2D eigenvalue weighted by Gasteiger charge is -2.27. The van der Waals surface area contributed by atoms with Gasteiger partial charge in [-0.05, 0) is 55.4 Å². The Morgan fingerprint density at radius 1 is 1.38 bits per heavy atom. The van der Waals surface area contributed by atoms with E-state index in [9.17, 15) is 4.79 Å². The van der Waals surface area contributed by atoms with Crippen molar-refractivity contribution in [1.82, 2.24) is 15.2 Å². The Hall–Kier alpha value is -2.09. The van der Waals surface area contributed by atoms with Crippen LogP contribution in [0.5, 0.6) is 0 Å². The Kier molecular flexibility index (Phi) is 2.68. The van der Waals surface area contributed by atoms with E-state index in [2.05, 4.69) is 21.3 Å². The molecule has 0 unspecified atom stereocenters. The maximum Gasteiger partial charge on any atom is 0.249 e. The summed E-state index contributed by atoms with van der Waals surface area (Å²) in [5.74, 6) is 2.29. The van der Waals surface area contributed by atoms with E-state index in [0.717, 1.165) is 29.5 Å². The zero-order chi connectivity index (χ0) is 14.6. The Labute approximate surface area is 122 Å². The molecule has 2 aliphatic rings. The zero-order valence-electron chi connectivity index (χ0n) is 12.0. The third kappa shape index (κ3) is 1.82. The molecule has 2 N–H and O–H groups in total. The molecule has 0 spiro atoms. The zero-order valence-corrected chi connectivity index (χ0v) is 12.0. The van der Waals surface area contributed by atoms with Gasteiger partial charge in [-0.15, -0.1) is 0 Å². The van der Waals surface area contributed by atoms with E-state index in [0.29, 0.717) is 35.7 Å². The number of fused-ring (bicyclic) bond motifs is 3. The lowest BCUT2D eigenvalue weighted by Crippen LogP contribution is -2.18. The van der Waals surface area contributed by atoms with Crippen molar-refractivity contribution >= 4 is 11.0 Å². The molecule has 0 saturated heterocycles. The van der Waals surface area contributed by atoms with Gasteiger partial charge in [0, 0.05) is 23.6 Å². The van der Waals surface area contributed by atoms with Gasteiger partial charge < -0.3 is 4.98 Å².